The third-order valence-electron chi connectivity index (χ3n) is 3.65. The van der Waals surface area contributed by atoms with Gasteiger partial charge in [-0.05, 0) is 30.7 Å². The van der Waals surface area contributed by atoms with Gasteiger partial charge in [-0.25, -0.2) is 4.98 Å². The van der Waals surface area contributed by atoms with Crippen molar-refractivity contribution in [2.45, 2.75) is 49.7 Å². The maximum absolute atomic E-state index is 12.0. The Bertz CT molecular complexity index is 442. The molecular weight excluding hydrogens is 272 g/mol. The van der Waals surface area contributed by atoms with Gasteiger partial charge < -0.3 is 10.4 Å². The van der Waals surface area contributed by atoms with Gasteiger partial charge in [0, 0.05) is 12.7 Å². The van der Waals surface area contributed by atoms with E-state index in [2.05, 4.69) is 17.2 Å². The topological polar surface area (TPSA) is 62.2 Å². The van der Waals surface area contributed by atoms with Crippen LogP contribution in [-0.2, 0) is 0 Å². The highest BCUT2D eigenvalue weighted by molar-refractivity contribution is 7.99. The van der Waals surface area contributed by atoms with Gasteiger partial charge >= 0.3 is 0 Å². The van der Waals surface area contributed by atoms with Crippen molar-refractivity contribution in [3.8, 4) is 0 Å². The molecule has 0 unspecified atom stereocenters. The highest BCUT2D eigenvalue weighted by atomic mass is 32.2. The fraction of sp³-hybridized carbons (Fsp3) is 0.600. The predicted octanol–water partition coefficient (Wildman–Crippen LogP) is 2.62. The third-order valence-corrected chi connectivity index (χ3v) is 4.48. The van der Waals surface area contributed by atoms with Crippen LogP contribution in [0.1, 0.15) is 49.4 Å². The number of thioether (sulfide) groups is 1. The van der Waals surface area contributed by atoms with Crippen LogP contribution in [0.5, 0.6) is 0 Å². The van der Waals surface area contributed by atoms with E-state index < -0.39 is 5.60 Å². The van der Waals surface area contributed by atoms with Crippen molar-refractivity contribution in [1.29, 1.82) is 0 Å². The summed E-state index contributed by atoms with van der Waals surface area (Å²) >= 11 is 1.65. The first-order valence-corrected chi connectivity index (χ1v) is 8.21. The quantitative estimate of drug-likeness (QED) is 0.820. The molecule has 1 aliphatic carbocycles. The largest absolute Gasteiger partial charge is 0.388 e. The summed E-state index contributed by atoms with van der Waals surface area (Å²) in [6.45, 7) is 2.40. The molecule has 1 heterocycles. The van der Waals surface area contributed by atoms with Gasteiger partial charge in [-0.1, -0.05) is 26.2 Å². The average molecular weight is 294 g/mol. The first-order valence-electron chi connectivity index (χ1n) is 7.22. The van der Waals surface area contributed by atoms with E-state index >= 15 is 0 Å². The van der Waals surface area contributed by atoms with Crippen molar-refractivity contribution in [1.82, 2.24) is 10.3 Å². The number of aromatic nitrogens is 1. The zero-order valence-corrected chi connectivity index (χ0v) is 12.7. The molecule has 0 atom stereocenters. The maximum Gasteiger partial charge on any atom is 0.252 e. The summed E-state index contributed by atoms with van der Waals surface area (Å²) in [4.78, 5) is 16.3. The Balaban J connectivity index is 1.87. The maximum atomic E-state index is 12.0. The van der Waals surface area contributed by atoms with Crippen LogP contribution in [0.3, 0.4) is 0 Å². The lowest BCUT2D eigenvalue weighted by molar-refractivity contribution is 0.00525. The van der Waals surface area contributed by atoms with Gasteiger partial charge in [0.05, 0.1) is 16.2 Å². The fourth-order valence-corrected chi connectivity index (χ4v) is 3.07. The second-order valence-electron chi connectivity index (χ2n) is 5.29. The molecule has 110 valence electrons. The lowest BCUT2D eigenvalue weighted by Crippen LogP contribution is -2.44. The van der Waals surface area contributed by atoms with Gasteiger partial charge in [-0.15, -0.1) is 11.8 Å². The second kappa shape index (κ2) is 7.09. The molecule has 0 spiro atoms. The Morgan fingerprint density at radius 2 is 2.15 bits per heavy atom. The number of aliphatic hydroxyl groups is 1. The van der Waals surface area contributed by atoms with Gasteiger partial charge in [-0.3, -0.25) is 4.79 Å². The van der Waals surface area contributed by atoms with E-state index in [-0.39, 0.29) is 5.91 Å². The third kappa shape index (κ3) is 4.21. The van der Waals surface area contributed by atoms with Crippen LogP contribution in [0.2, 0.25) is 0 Å². The SMILES string of the molecule is CCSc1ccc(C(=O)NCC2(O)CCCCC2)cn1. The number of nitrogens with zero attached hydrogens (tertiary/aromatic N) is 1. The number of carbonyl (C=O) groups is 1. The van der Waals surface area contributed by atoms with Crippen LogP contribution in [0, 0.1) is 0 Å². The van der Waals surface area contributed by atoms with Crippen LogP contribution < -0.4 is 5.32 Å². The standard InChI is InChI=1S/C15H22N2O2S/c1-2-20-13-7-6-12(10-16-13)14(18)17-11-15(19)8-4-3-5-9-15/h6-7,10,19H,2-5,8-9,11H2,1H3,(H,17,18). The molecule has 1 amide bonds. The molecule has 4 nitrogen and oxygen atoms in total. The van der Waals surface area contributed by atoms with E-state index in [0.717, 1.165) is 36.5 Å². The molecule has 20 heavy (non-hydrogen) atoms. The van der Waals surface area contributed by atoms with Gasteiger partial charge in [-0.2, -0.15) is 0 Å². The molecule has 0 aromatic carbocycles. The first-order chi connectivity index (χ1) is 9.63. The number of carbonyl (C=O) groups excluding carboxylic acids is 1. The number of pyridine rings is 1. The van der Waals surface area contributed by atoms with Crippen LogP contribution in [0.4, 0.5) is 0 Å². The lowest BCUT2D eigenvalue weighted by atomic mass is 9.85. The zero-order valence-electron chi connectivity index (χ0n) is 11.9. The molecule has 5 heteroatoms. The smallest absolute Gasteiger partial charge is 0.252 e. The van der Waals surface area contributed by atoms with E-state index in [0.29, 0.717) is 12.1 Å². The normalized spacial score (nSPS) is 17.7. The molecule has 1 fully saturated rings. The highest BCUT2D eigenvalue weighted by Gasteiger charge is 2.29. The van der Waals surface area contributed by atoms with Crippen molar-refractivity contribution in [2.24, 2.45) is 0 Å². The number of amides is 1. The molecule has 2 N–H and O–H groups in total. The highest BCUT2D eigenvalue weighted by Crippen LogP contribution is 2.27. The summed E-state index contributed by atoms with van der Waals surface area (Å²) in [7, 11) is 0. The molecule has 0 saturated heterocycles. The molecule has 0 aliphatic heterocycles. The Kier molecular flexibility index (Phi) is 5.43. The minimum absolute atomic E-state index is 0.162. The Morgan fingerprint density at radius 1 is 1.40 bits per heavy atom. The van der Waals surface area contributed by atoms with Gasteiger partial charge in [0.1, 0.15) is 0 Å². The Hall–Kier alpha value is -1.07. The van der Waals surface area contributed by atoms with E-state index in [4.69, 9.17) is 0 Å². The van der Waals surface area contributed by atoms with Crippen LogP contribution in [0.15, 0.2) is 23.4 Å². The lowest BCUT2D eigenvalue weighted by Gasteiger charge is -2.32. The van der Waals surface area contributed by atoms with Gasteiger partial charge in [0.2, 0.25) is 0 Å². The van der Waals surface area contributed by atoms with E-state index in [9.17, 15) is 9.90 Å². The average Bonchev–Trinajstić information content (AvgIpc) is 2.47. The Labute approximate surface area is 124 Å². The molecule has 1 aromatic rings. The van der Waals surface area contributed by atoms with Gasteiger partial charge in [0.25, 0.3) is 5.91 Å². The van der Waals surface area contributed by atoms with Gasteiger partial charge in [0.15, 0.2) is 0 Å². The second-order valence-corrected chi connectivity index (χ2v) is 6.57. The number of hydrogen-bond acceptors (Lipinski definition) is 4. The van der Waals surface area contributed by atoms with Crippen LogP contribution in [-0.4, -0.2) is 33.9 Å². The number of rotatable bonds is 5. The van der Waals surface area contributed by atoms with E-state index in [1.165, 1.54) is 6.42 Å². The van der Waals surface area contributed by atoms with Crippen molar-refractivity contribution in [2.75, 3.05) is 12.3 Å². The predicted molar refractivity (Wildman–Crippen MR) is 81.0 cm³/mol. The molecule has 1 aromatic heterocycles. The summed E-state index contributed by atoms with van der Waals surface area (Å²) in [6.07, 6.45) is 6.40. The minimum Gasteiger partial charge on any atom is -0.388 e. The number of nitrogens with one attached hydrogen (secondary N) is 1. The van der Waals surface area contributed by atoms with Crippen molar-refractivity contribution >= 4 is 17.7 Å². The van der Waals surface area contributed by atoms with Crippen molar-refractivity contribution < 1.29 is 9.90 Å². The molecule has 2 rings (SSSR count). The van der Waals surface area contributed by atoms with Crippen molar-refractivity contribution in [3.63, 3.8) is 0 Å². The van der Waals surface area contributed by atoms with Crippen molar-refractivity contribution in [3.05, 3.63) is 23.9 Å². The molecule has 0 bridgehead atoms. The zero-order chi connectivity index (χ0) is 14.4. The fourth-order valence-electron chi connectivity index (χ4n) is 2.48. The summed E-state index contributed by atoms with van der Waals surface area (Å²) in [6, 6.07) is 3.64. The summed E-state index contributed by atoms with van der Waals surface area (Å²) < 4.78 is 0. The molecular formula is C15H22N2O2S. The number of hydrogen-bond donors (Lipinski definition) is 2. The minimum atomic E-state index is -0.723. The molecule has 0 radical (unpaired) electrons. The monoisotopic (exact) mass is 294 g/mol. The van der Waals surface area contributed by atoms with Crippen LogP contribution >= 0.6 is 11.8 Å². The summed E-state index contributed by atoms with van der Waals surface area (Å²) in [5.74, 6) is 0.801. The summed E-state index contributed by atoms with van der Waals surface area (Å²) in [5.41, 5.74) is -0.177. The first kappa shape index (κ1) is 15.3. The van der Waals surface area contributed by atoms with E-state index in [1.54, 1.807) is 24.0 Å². The van der Waals surface area contributed by atoms with E-state index in [1.807, 2.05) is 6.07 Å². The molecule has 1 aliphatic rings. The Morgan fingerprint density at radius 3 is 2.75 bits per heavy atom. The molecule has 1 saturated carbocycles. The summed E-state index contributed by atoms with van der Waals surface area (Å²) in [5, 5.41) is 14.1. The van der Waals surface area contributed by atoms with Crippen LogP contribution in [0.25, 0.3) is 0 Å².